The molecule has 1 N–H and O–H groups in total. The summed E-state index contributed by atoms with van der Waals surface area (Å²) in [7, 11) is 0. The van der Waals surface area contributed by atoms with Gasteiger partial charge in [0.15, 0.2) is 0 Å². The predicted molar refractivity (Wildman–Crippen MR) is 152 cm³/mol. The number of fused-ring (bicyclic) bond motifs is 4. The van der Waals surface area contributed by atoms with E-state index in [1.807, 2.05) is 47.4 Å². The number of oxime groups is 1. The smallest absolute Gasteiger partial charge is 0.410 e. The van der Waals surface area contributed by atoms with Crippen molar-refractivity contribution in [2.45, 2.75) is 76.0 Å². The molecule has 3 fully saturated rings. The lowest BCUT2D eigenvalue weighted by Gasteiger charge is -2.35. The molecule has 210 valence electrons. The summed E-state index contributed by atoms with van der Waals surface area (Å²) in [5.41, 5.74) is 1.11. The molecule has 2 atom stereocenters. The molecule has 10 nitrogen and oxygen atoms in total. The average Bonchev–Trinajstić information content (AvgIpc) is 3.56. The molecular weight excluding hydrogens is 524 g/mol. The second-order valence-corrected chi connectivity index (χ2v) is 11.2. The SMILES string of the molecule is O=C(OC1CCCC1)N1C2CCC1CC(=NOc1nc3oc(=O)cc(Cc4cccc5ccccc45)c3c(=O)[nH]1)C2. The molecule has 1 saturated carbocycles. The van der Waals surface area contributed by atoms with E-state index in [4.69, 9.17) is 14.0 Å². The highest BCUT2D eigenvalue weighted by molar-refractivity contribution is 5.88. The number of H-pyrrole nitrogens is 1. The van der Waals surface area contributed by atoms with Crippen LogP contribution in [0.1, 0.15) is 62.5 Å². The molecule has 4 heterocycles. The van der Waals surface area contributed by atoms with Crippen LogP contribution in [0.4, 0.5) is 4.79 Å². The Morgan fingerprint density at radius 3 is 2.56 bits per heavy atom. The molecule has 10 heteroatoms. The molecule has 3 aliphatic rings. The van der Waals surface area contributed by atoms with E-state index in [-0.39, 0.29) is 41.4 Å². The molecule has 41 heavy (non-hydrogen) atoms. The van der Waals surface area contributed by atoms with Gasteiger partial charge in [-0.1, -0.05) is 47.6 Å². The van der Waals surface area contributed by atoms with Crippen molar-refractivity contribution in [3.63, 3.8) is 0 Å². The van der Waals surface area contributed by atoms with Gasteiger partial charge in [-0.05, 0) is 66.8 Å². The van der Waals surface area contributed by atoms with Crippen molar-refractivity contribution >= 4 is 33.7 Å². The molecule has 2 aromatic heterocycles. The first-order valence-electron chi connectivity index (χ1n) is 14.3. The lowest BCUT2D eigenvalue weighted by molar-refractivity contribution is 0.0496. The Balaban J connectivity index is 1.10. The Morgan fingerprint density at radius 1 is 1.00 bits per heavy atom. The fourth-order valence-electron chi connectivity index (χ4n) is 6.64. The molecule has 1 aliphatic carbocycles. The molecule has 2 aromatic carbocycles. The van der Waals surface area contributed by atoms with E-state index in [0.29, 0.717) is 24.8 Å². The molecule has 7 rings (SSSR count). The van der Waals surface area contributed by atoms with Crippen molar-refractivity contribution in [3.8, 4) is 6.01 Å². The number of piperidine rings is 1. The number of carbonyl (C=O) groups is 1. The van der Waals surface area contributed by atoms with E-state index in [0.717, 1.165) is 60.6 Å². The number of hydrogen-bond donors (Lipinski definition) is 1. The maximum Gasteiger partial charge on any atom is 0.410 e. The van der Waals surface area contributed by atoms with Crippen LogP contribution in [0.3, 0.4) is 0 Å². The Morgan fingerprint density at radius 2 is 1.76 bits per heavy atom. The number of benzene rings is 2. The third kappa shape index (κ3) is 4.98. The van der Waals surface area contributed by atoms with Gasteiger partial charge >= 0.3 is 17.7 Å². The van der Waals surface area contributed by atoms with Crippen LogP contribution in [0, 0.1) is 0 Å². The minimum absolute atomic E-state index is 0.0169. The number of rotatable bonds is 5. The first-order chi connectivity index (χ1) is 20.0. The second-order valence-electron chi connectivity index (χ2n) is 11.2. The molecule has 4 aromatic rings. The van der Waals surface area contributed by atoms with Gasteiger partial charge in [-0.25, -0.2) is 9.59 Å². The highest BCUT2D eigenvalue weighted by atomic mass is 16.6. The zero-order valence-corrected chi connectivity index (χ0v) is 22.5. The lowest BCUT2D eigenvalue weighted by Crippen LogP contribution is -2.47. The summed E-state index contributed by atoms with van der Waals surface area (Å²) in [6.07, 6.45) is 7.18. The molecule has 0 spiro atoms. The van der Waals surface area contributed by atoms with E-state index in [9.17, 15) is 14.4 Å². The summed E-state index contributed by atoms with van der Waals surface area (Å²) < 4.78 is 11.1. The van der Waals surface area contributed by atoms with Crippen LogP contribution in [0.2, 0.25) is 0 Å². The van der Waals surface area contributed by atoms with Crippen molar-refractivity contribution in [1.29, 1.82) is 0 Å². The maximum absolute atomic E-state index is 13.2. The highest BCUT2D eigenvalue weighted by Crippen LogP contribution is 2.36. The van der Waals surface area contributed by atoms with Gasteiger partial charge in [-0.15, -0.1) is 0 Å². The van der Waals surface area contributed by atoms with Crippen LogP contribution in [-0.4, -0.2) is 44.9 Å². The zero-order chi connectivity index (χ0) is 27.9. The van der Waals surface area contributed by atoms with Gasteiger partial charge in [-0.3, -0.25) is 9.78 Å². The molecule has 2 bridgehead atoms. The van der Waals surface area contributed by atoms with Gasteiger partial charge in [0.1, 0.15) is 11.5 Å². The number of nitrogens with zero attached hydrogens (tertiary/aromatic N) is 3. The number of aromatic amines is 1. The van der Waals surface area contributed by atoms with E-state index in [2.05, 4.69) is 15.1 Å². The Hall–Kier alpha value is -4.47. The van der Waals surface area contributed by atoms with Gasteiger partial charge in [0.05, 0.1) is 5.71 Å². The van der Waals surface area contributed by atoms with Crippen molar-refractivity contribution in [1.82, 2.24) is 14.9 Å². The first kappa shape index (κ1) is 25.5. The largest absolute Gasteiger partial charge is 0.446 e. The number of hydrogen-bond acceptors (Lipinski definition) is 8. The predicted octanol–water partition coefficient (Wildman–Crippen LogP) is 5.06. The fourth-order valence-corrected chi connectivity index (χ4v) is 6.64. The summed E-state index contributed by atoms with van der Waals surface area (Å²) in [6.45, 7) is 0. The van der Waals surface area contributed by atoms with Crippen LogP contribution in [0.5, 0.6) is 6.01 Å². The quantitative estimate of drug-likeness (QED) is 0.342. The summed E-state index contributed by atoms with van der Waals surface area (Å²) in [4.78, 5) is 52.8. The molecule has 2 unspecified atom stereocenters. The summed E-state index contributed by atoms with van der Waals surface area (Å²) in [6, 6.07) is 15.1. The van der Waals surface area contributed by atoms with Crippen molar-refractivity contribution < 1.29 is 18.8 Å². The third-order valence-electron chi connectivity index (χ3n) is 8.54. The third-order valence-corrected chi connectivity index (χ3v) is 8.54. The molecule has 1 amide bonds. The number of aromatic nitrogens is 2. The second kappa shape index (κ2) is 10.5. The topological polar surface area (TPSA) is 127 Å². The summed E-state index contributed by atoms with van der Waals surface area (Å²) in [5, 5.41) is 6.59. The Kier molecular flexibility index (Phi) is 6.53. The van der Waals surface area contributed by atoms with E-state index >= 15 is 0 Å². The lowest BCUT2D eigenvalue weighted by atomic mass is 9.98. The summed E-state index contributed by atoms with van der Waals surface area (Å²) in [5.74, 6) is 0. The molecule has 2 aliphatic heterocycles. The van der Waals surface area contributed by atoms with Crippen LogP contribution in [0.25, 0.3) is 21.9 Å². The average molecular weight is 555 g/mol. The maximum atomic E-state index is 13.2. The summed E-state index contributed by atoms with van der Waals surface area (Å²) >= 11 is 0. The van der Waals surface area contributed by atoms with Gasteiger partial charge in [0.25, 0.3) is 5.56 Å². The molecule has 2 saturated heterocycles. The number of amides is 1. The van der Waals surface area contributed by atoms with Crippen LogP contribution >= 0.6 is 0 Å². The number of nitrogens with one attached hydrogen (secondary N) is 1. The van der Waals surface area contributed by atoms with Crippen molar-refractivity contribution in [2.75, 3.05) is 0 Å². The van der Waals surface area contributed by atoms with Gasteiger partial charge in [0.2, 0.25) is 5.71 Å². The van der Waals surface area contributed by atoms with Gasteiger partial charge < -0.3 is 18.9 Å². The molecular formula is C31H30N4O6. The first-order valence-corrected chi connectivity index (χ1v) is 14.3. The minimum atomic E-state index is -0.600. The van der Waals surface area contributed by atoms with Crippen LogP contribution in [0.15, 0.2) is 67.7 Å². The van der Waals surface area contributed by atoms with Gasteiger partial charge in [0, 0.05) is 31.0 Å². The van der Waals surface area contributed by atoms with E-state index < -0.39 is 11.2 Å². The molecule has 0 radical (unpaired) electrons. The van der Waals surface area contributed by atoms with Crippen LogP contribution in [-0.2, 0) is 11.2 Å². The van der Waals surface area contributed by atoms with E-state index in [1.165, 1.54) is 6.07 Å². The number of ether oxygens (including phenoxy) is 1. The monoisotopic (exact) mass is 554 g/mol. The standard InChI is InChI=1S/C31H30N4O6/c36-26-15-20(14-19-8-5-7-18-6-1-4-11-25(18)19)27-28(37)32-30(33-29(27)40-26)41-34-21-16-22-12-13-23(17-21)35(22)31(38)39-24-9-2-3-10-24/h1,4-8,11,15,22-24H,2-3,9-10,12-14,16-17H2,(H,32,33,37). The van der Waals surface area contributed by atoms with Crippen molar-refractivity contribution in [2.24, 2.45) is 5.16 Å². The van der Waals surface area contributed by atoms with E-state index in [1.54, 1.807) is 0 Å². The van der Waals surface area contributed by atoms with Crippen LogP contribution < -0.4 is 16.0 Å². The van der Waals surface area contributed by atoms with Crippen molar-refractivity contribution in [3.05, 3.63) is 80.4 Å². The zero-order valence-electron chi connectivity index (χ0n) is 22.5. The Bertz CT molecular complexity index is 1770. The number of carbonyl (C=O) groups excluding carboxylic acids is 1. The Labute approximate surface area is 235 Å². The van der Waals surface area contributed by atoms with Gasteiger partial charge in [-0.2, -0.15) is 4.98 Å². The normalized spacial score (nSPS) is 20.6. The fraction of sp³-hybridized carbons (Fsp3) is 0.387. The minimum Gasteiger partial charge on any atom is -0.446 e. The highest BCUT2D eigenvalue weighted by Gasteiger charge is 2.43.